The Morgan fingerprint density at radius 2 is 1.79 bits per heavy atom. The summed E-state index contributed by atoms with van der Waals surface area (Å²) >= 11 is 0. The zero-order valence-corrected chi connectivity index (χ0v) is 18.6. The number of anilines is 1. The molecule has 4 saturated carbocycles. The Morgan fingerprint density at radius 3 is 2.39 bits per heavy atom. The smallest absolute Gasteiger partial charge is 0.402 e. The van der Waals surface area contributed by atoms with E-state index in [2.05, 4.69) is 19.2 Å². The predicted molar refractivity (Wildman–Crippen MR) is 113 cm³/mol. The molecule has 5 aliphatic rings. The summed E-state index contributed by atoms with van der Waals surface area (Å²) in [6.45, 7) is 1.17. The predicted octanol–water partition coefficient (Wildman–Crippen LogP) is 2.67. The lowest BCUT2D eigenvalue weighted by atomic mass is 9.43. The number of nitrogens with zero attached hydrogens (tertiary/aromatic N) is 4. The number of imidazole rings is 1. The highest BCUT2D eigenvalue weighted by Crippen LogP contribution is 2.69. The normalized spacial score (nSPS) is 31.0. The van der Waals surface area contributed by atoms with Crippen molar-refractivity contribution in [1.29, 1.82) is 0 Å². The molecule has 7 rings (SSSR count). The number of halogens is 3. The molecule has 2 bridgehead atoms. The Balaban J connectivity index is 1.26. The summed E-state index contributed by atoms with van der Waals surface area (Å²) in [4.78, 5) is 11.0. The summed E-state index contributed by atoms with van der Waals surface area (Å²) in [5, 5.41) is 0. The average molecular weight is 484 g/mol. The zero-order chi connectivity index (χ0) is 23.2. The van der Waals surface area contributed by atoms with Crippen molar-refractivity contribution < 1.29 is 26.3 Å². The minimum absolute atomic E-state index is 0.0496. The molecule has 0 spiro atoms. The van der Waals surface area contributed by atoms with Gasteiger partial charge in [0.1, 0.15) is 5.82 Å². The molecule has 5 fully saturated rings. The molecular formula is C21H24F3N5O3S. The van der Waals surface area contributed by atoms with E-state index in [0.717, 1.165) is 37.9 Å². The van der Waals surface area contributed by atoms with Gasteiger partial charge in [0.05, 0.1) is 22.7 Å². The van der Waals surface area contributed by atoms with Crippen LogP contribution in [0.15, 0.2) is 18.5 Å². The second-order valence-electron chi connectivity index (χ2n) is 9.90. The first kappa shape index (κ1) is 21.2. The van der Waals surface area contributed by atoms with Crippen LogP contribution in [0, 0.1) is 0 Å². The van der Waals surface area contributed by atoms with Gasteiger partial charge in [0, 0.05) is 42.5 Å². The van der Waals surface area contributed by atoms with E-state index >= 15 is 0 Å². The zero-order valence-electron chi connectivity index (χ0n) is 17.8. The van der Waals surface area contributed by atoms with E-state index in [1.165, 1.54) is 12.3 Å². The summed E-state index contributed by atoms with van der Waals surface area (Å²) < 4.78 is 68.0. The van der Waals surface area contributed by atoms with Gasteiger partial charge in [-0.2, -0.15) is 0 Å². The molecule has 1 aliphatic heterocycles. The lowest BCUT2D eigenvalue weighted by molar-refractivity contribution is -0.274. The number of ether oxygens (including phenoxy) is 1. The van der Waals surface area contributed by atoms with Crippen molar-refractivity contribution in [2.75, 3.05) is 30.3 Å². The van der Waals surface area contributed by atoms with Crippen LogP contribution < -0.4 is 10.5 Å². The first-order chi connectivity index (χ1) is 15.5. The summed E-state index contributed by atoms with van der Waals surface area (Å²) in [6.07, 6.45) is 3.39. The van der Waals surface area contributed by atoms with Crippen molar-refractivity contribution in [2.45, 2.75) is 55.5 Å². The van der Waals surface area contributed by atoms with E-state index in [1.54, 1.807) is 0 Å². The molecule has 0 radical (unpaired) electrons. The first-order valence-electron chi connectivity index (χ1n) is 11.0. The van der Waals surface area contributed by atoms with Crippen molar-refractivity contribution in [2.24, 2.45) is 0 Å². The number of alkyl halides is 3. The van der Waals surface area contributed by atoms with Gasteiger partial charge >= 0.3 is 6.36 Å². The SMILES string of the molecule is Nc1ncc(-c2cn(C34CC(N5CCS(=O)(=O)CC5)(C3)C4)c(C3CC3)n2)cc1OC(F)(F)F. The van der Waals surface area contributed by atoms with Gasteiger partial charge in [-0.05, 0) is 38.2 Å². The summed E-state index contributed by atoms with van der Waals surface area (Å²) in [5.74, 6) is 0.897. The molecule has 178 valence electrons. The molecule has 0 atom stereocenters. The molecule has 0 aromatic carbocycles. The van der Waals surface area contributed by atoms with Crippen LogP contribution in [0.1, 0.15) is 43.8 Å². The first-order valence-corrected chi connectivity index (χ1v) is 12.9. The number of nitrogen functional groups attached to an aromatic ring is 1. The largest absolute Gasteiger partial charge is 0.573 e. The Morgan fingerprint density at radius 1 is 1.12 bits per heavy atom. The highest BCUT2D eigenvalue weighted by molar-refractivity contribution is 7.91. The fraction of sp³-hybridized carbons (Fsp3) is 0.619. The van der Waals surface area contributed by atoms with Crippen LogP contribution in [0.25, 0.3) is 11.3 Å². The second-order valence-corrected chi connectivity index (χ2v) is 12.2. The standard InChI is InChI=1S/C21H24F3N5O3S/c22-21(23,24)32-16-7-14(8-26-17(16)25)15-9-29(18(27-15)13-1-2-13)20-10-19(11-20,12-20)28-3-5-33(30,31)6-4-28/h7-9,13H,1-6,10-12H2,(H2,25,26). The van der Waals surface area contributed by atoms with Crippen LogP contribution in [-0.4, -0.2) is 64.3 Å². The molecule has 3 heterocycles. The highest BCUT2D eigenvalue weighted by Gasteiger charge is 2.71. The number of sulfone groups is 1. The van der Waals surface area contributed by atoms with Gasteiger partial charge in [0.15, 0.2) is 21.4 Å². The fourth-order valence-corrected chi connectivity index (χ4v) is 7.01. The van der Waals surface area contributed by atoms with Gasteiger partial charge < -0.3 is 15.0 Å². The molecule has 0 unspecified atom stereocenters. The molecular weight excluding hydrogens is 459 g/mol. The molecule has 4 aliphatic carbocycles. The lowest BCUT2D eigenvalue weighted by Crippen LogP contribution is -2.79. The molecule has 0 amide bonds. The van der Waals surface area contributed by atoms with Crippen LogP contribution in [-0.2, 0) is 15.4 Å². The highest BCUT2D eigenvalue weighted by atomic mass is 32.2. The minimum Gasteiger partial charge on any atom is -0.402 e. The molecule has 33 heavy (non-hydrogen) atoms. The van der Waals surface area contributed by atoms with Gasteiger partial charge in [0.25, 0.3) is 0 Å². The molecule has 2 aromatic rings. The van der Waals surface area contributed by atoms with E-state index in [-0.39, 0.29) is 28.4 Å². The molecule has 1 saturated heterocycles. The summed E-state index contributed by atoms with van der Waals surface area (Å²) in [5.41, 5.74) is 6.57. The topological polar surface area (TPSA) is 103 Å². The third-order valence-electron chi connectivity index (χ3n) is 7.58. The lowest BCUT2D eigenvalue weighted by Gasteiger charge is -2.74. The summed E-state index contributed by atoms with van der Waals surface area (Å²) in [6, 6.07) is 1.23. The van der Waals surface area contributed by atoms with Crippen LogP contribution in [0.2, 0.25) is 0 Å². The maximum Gasteiger partial charge on any atom is 0.573 e. The third kappa shape index (κ3) is 3.49. The van der Waals surface area contributed by atoms with Crippen LogP contribution in [0.5, 0.6) is 5.75 Å². The Kier molecular flexibility index (Phi) is 4.26. The van der Waals surface area contributed by atoms with Gasteiger partial charge in [-0.3, -0.25) is 4.90 Å². The molecule has 2 aromatic heterocycles. The van der Waals surface area contributed by atoms with E-state index in [9.17, 15) is 21.6 Å². The van der Waals surface area contributed by atoms with Crippen LogP contribution >= 0.6 is 0 Å². The maximum atomic E-state index is 12.7. The number of rotatable bonds is 5. The average Bonchev–Trinajstić information content (AvgIpc) is 3.41. The molecule has 8 nitrogen and oxygen atoms in total. The van der Waals surface area contributed by atoms with E-state index in [1.807, 2.05) is 6.20 Å². The Bertz CT molecular complexity index is 1200. The van der Waals surface area contributed by atoms with Crippen molar-refractivity contribution in [3.63, 3.8) is 0 Å². The van der Waals surface area contributed by atoms with Crippen molar-refractivity contribution in [3.05, 3.63) is 24.3 Å². The number of hydrogen-bond donors (Lipinski definition) is 1. The maximum absolute atomic E-state index is 12.7. The Labute approximate surface area is 188 Å². The van der Waals surface area contributed by atoms with Crippen molar-refractivity contribution in [3.8, 4) is 17.0 Å². The van der Waals surface area contributed by atoms with Crippen LogP contribution in [0.3, 0.4) is 0 Å². The van der Waals surface area contributed by atoms with E-state index < -0.39 is 21.9 Å². The number of hydrogen-bond acceptors (Lipinski definition) is 7. The van der Waals surface area contributed by atoms with Crippen LogP contribution in [0.4, 0.5) is 19.0 Å². The van der Waals surface area contributed by atoms with E-state index in [4.69, 9.17) is 10.7 Å². The number of aromatic nitrogens is 3. The molecule has 2 N–H and O–H groups in total. The van der Waals surface area contributed by atoms with E-state index in [0.29, 0.717) is 30.3 Å². The number of pyridine rings is 1. The molecule has 12 heteroatoms. The van der Waals surface area contributed by atoms with Gasteiger partial charge in [0.2, 0.25) is 0 Å². The monoisotopic (exact) mass is 483 g/mol. The van der Waals surface area contributed by atoms with Crippen molar-refractivity contribution in [1.82, 2.24) is 19.4 Å². The summed E-state index contributed by atoms with van der Waals surface area (Å²) in [7, 11) is -2.92. The van der Waals surface area contributed by atoms with Crippen molar-refractivity contribution >= 4 is 15.7 Å². The second kappa shape index (κ2) is 6.62. The quantitative estimate of drug-likeness (QED) is 0.697. The minimum atomic E-state index is -4.86. The number of nitrogens with two attached hydrogens (primary N) is 1. The van der Waals surface area contributed by atoms with Gasteiger partial charge in [-0.15, -0.1) is 13.2 Å². The third-order valence-corrected chi connectivity index (χ3v) is 9.19. The van der Waals surface area contributed by atoms with Gasteiger partial charge in [-0.25, -0.2) is 18.4 Å². The Hall–Kier alpha value is -2.34. The van der Waals surface area contributed by atoms with Gasteiger partial charge in [-0.1, -0.05) is 0 Å². The fourth-order valence-electron chi connectivity index (χ4n) is 5.80.